The van der Waals surface area contributed by atoms with Crippen molar-refractivity contribution in [3.05, 3.63) is 35.6 Å². The Morgan fingerprint density at radius 2 is 2.10 bits per heavy atom. The van der Waals surface area contributed by atoms with E-state index in [0.29, 0.717) is 18.3 Å². The number of likely N-dealkylation sites (tertiary alicyclic amines) is 1. The first-order chi connectivity index (χ1) is 9.63. The summed E-state index contributed by atoms with van der Waals surface area (Å²) in [6.45, 7) is 5.77. The summed E-state index contributed by atoms with van der Waals surface area (Å²) in [5.41, 5.74) is 0.895. The molecule has 1 aromatic rings. The fourth-order valence-electron chi connectivity index (χ4n) is 3.45. The van der Waals surface area contributed by atoms with Crippen LogP contribution in [0.25, 0.3) is 0 Å². The van der Waals surface area contributed by atoms with Crippen molar-refractivity contribution in [2.24, 2.45) is 17.8 Å². The van der Waals surface area contributed by atoms with Crippen molar-refractivity contribution < 1.29 is 9.18 Å². The third-order valence-electron chi connectivity index (χ3n) is 4.55. The molecule has 3 rings (SSSR count). The highest BCUT2D eigenvalue weighted by molar-refractivity contribution is 5.79. The van der Waals surface area contributed by atoms with Gasteiger partial charge in [-0.25, -0.2) is 4.39 Å². The van der Waals surface area contributed by atoms with Crippen LogP contribution >= 0.6 is 0 Å². The van der Waals surface area contributed by atoms with Crippen LogP contribution in [0.2, 0.25) is 0 Å². The van der Waals surface area contributed by atoms with Gasteiger partial charge in [-0.1, -0.05) is 19.1 Å². The summed E-state index contributed by atoms with van der Waals surface area (Å²) in [5.74, 6) is 1.15. The number of carbonyl (C=O) groups excluding carboxylic acids is 1. The van der Waals surface area contributed by atoms with Gasteiger partial charge in [-0.2, -0.15) is 0 Å². The van der Waals surface area contributed by atoms with Crippen molar-refractivity contribution in [2.45, 2.75) is 13.3 Å². The van der Waals surface area contributed by atoms with Gasteiger partial charge in [-0.3, -0.25) is 4.79 Å². The third-order valence-corrected chi connectivity index (χ3v) is 4.55. The Morgan fingerprint density at radius 1 is 1.40 bits per heavy atom. The number of amides is 1. The summed E-state index contributed by atoms with van der Waals surface area (Å²) in [6, 6.07) is 6.54. The third kappa shape index (κ3) is 2.70. The number of fused-ring (bicyclic) bond motifs is 1. The zero-order valence-electron chi connectivity index (χ0n) is 11.8. The molecule has 108 valence electrons. The molecular formula is C16H21FN2O. The van der Waals surface area contributed by atoms with E-state index in [2.05, 4.69) is 5.32 Å². The highest BCUT2D eigenvalue weighted by Crippen LogP contribution is 2.27. The molecule has 0 radical (unpaired) electrons. The maximum absolute atomic E-state index is 13.2. The fourth-order valence-corrected chi connectivity index (χ4v) is 3.45. The average Bonchev–Trinajstić information content (AvgIpc) is 2.98. The minimum absolute atomic E-state index is 0.0800. The molecule has 2 aliphatic rings. The molecule has 2 heterocycles. The lowest BCUT2D eigenvalue weighted by molar-refractivity contribution is -0.134. The Kier molecular flexibility index (Phi) is 3.74. The van der Waals surface area contributed by atoms with Gasteiger partial charge >= 0.3 is 0 Å². The predicted molar refractivity (Wildman–Crippen MR) is 75.7 cm³/mol. The number of hydrogen-bond acceptors (Lipinski definition) is 2. The number of hydrogen-bond donors (Lipinski definition) is 1. The van der Waals surface area contributed by atoms with E-state index in [4.69, 9.17) is 0 Å². The first-order valence-corrected chi connectivity index (χ1v) is 7.37. The Hall–Kier alpha value is -1.42. The molecule has 1 aromatic carbocycles. The highest BCUT2D eigenvalue weighted by Gasteiger charge is 2.38. The Balaban J connectivity index is 1.60. The van der Waals surface area contributed by atoms with Gasteiger partial charge < -0.3 is 10.2 Å². The lowest BCUT2D eigenvalue weighted by Gasteiger charge is -2.22. The molecule has 1 N–H and O–H groups in total. The van der Waals surface area contributed by atoms with E-state index < -0.39 is 0 Å². The molecule has 4 heteroatoms. The number of benzene rings is 1. The molecule has 0 saturated carbocycles. The van der Waals surface area contributed by atoms with Gasteiger partial charge in [-0.15, -0.1) is 0 Å². The molecule has 2 fully saturated rings. The predicted octanol–water partition coefficient (Wildman–Crippen LogP) is 1.68. The van der Waals surface area contributed by atoms with Crippen LogP contribution in [-0.4, -0.2) is 37.0 Å². The first kappa shape index (κ1) is 13.6. The largest absolute Gasteiger partial charge is 0.342 e. The SMILES string of the molecule is CC(Cc1cccc(F)c1)C(=O)N1C[C@H]2CNC[C@H]2C1. The fraction of sp³-hybridized carbons (Fsp3) is 0.562. The molecule has 20 heavy (non-hydrogen) atoms. The van der Waals surface area contributed by atoms with Crippen LogP contribution in [0.4, 0.5) is 4.39 Å². The summed E-state index contributed by atoms with van der Waals surface area (Å²) in [6.07, 6.45) is 0.612. The summed E-state index contributed by atoms with van der Waals surface area (Å²) < 4.78 is 13.2. The second-order valence-electron chi connectivity index (χ2n) is 6.16. The van der Waals surface area contributed by atoms with Gasteiger partial charge in [0.05, 0.1) is 0 Å². The zero-order valence-corrected chi connectivity index (χ0v) is 11.8. The minimum atomic E-state index is -0.232. The number of nitrogens with zero attached hydrogens (tertiary/aromatic N) is 1. The van der Waals surface area contributed by atoms with Crippen molar-refractivity contribution in [3.63, 3.8) is 0 Å². The van der Waals surface area contributed by atoms with Gasteiger partial charge in [0, 0.05) is 32.1 Å². The Morgan fingerprint density at radius 3 is 2.75 bits per heavy atom. The molecule has 3 atom stereocenters. The van der Waals surface area contributed by atoms with E-state index in [1.54, 1.807) is 6.07 Å². The smallest absolute Gasteiger partial charge is 0.225 e. The van der Waals surface area contributed by atoms with Crippen LogP contribution in [0.15, 0.2) is 24.3 Å². The van der Waals surface area contributed by atoms with Crippen LogP contribution < -0.4 is 5.32 Å². The highest BCUT2D eigenvalue weighted by atomic mass is 19.1. The molecule has 1 amide bonds. The lowest BCUT2D eigenvalue weighted by Crippen LogP contribution is -2.36. The molecule has 0 spiro atoms. The van der Waals surface area contributed by atoms with Crippen LogP contribution in [0.5, 0.6) is 0 Å². The molecule has 1 unspecified atom stereocenters. The van der Waals surface area contributed by atoms with E-state index in [0.717, 1.165) is 31.7 Å². The molecule has 0 bridgehead atoms. The van der Waals surface area contributed by atoms with Crippen molar-refractivity contribution >= 4 is 5.91 Å². The van der Waals surface area contributed by atoms with Gasteiger partial charge in [0.1, 0.15) is 5.82 Å². The van der Waals surface area contributed by atoms with Crippen molar-refractivity contribution in [3.8, 4) is 0 Å². The summed E-state index contributed by atoms with van der Waals surface area (Å²) in [7, 11) is 0. The second-order valence-corrected chi connectivity index (χ2v) is 6.16. The zero-order chi connectivity index (χ0) is 14.1. The van der Waals surface area contributed by atoms with Crippen LogP contribution in [0.1, 0.15) is 12.5 Å². The number of nitrogens with one attached hydrogen (secondary N) is 1. The molecule has 0 aliphatic carbocycles. The number of halogens is 1. The van der Waals surface area contributed by atoms with Crippen molar-refractivity contribution in [1.82, 2.24) is 10.2 Å². The maximum Gasteiger partial charge on any atom is 0.225 e. The monoisotopic (exact) mass is 276 g/mol. The Bertz CT molecular complexity index is 493. The standard InChI is InChI=1S/C16H21FN2O/c1-11(5-12-3-2-4-15(17)6-12)16(20)19-9-13-7-18-8-14(13)10-19/h2-4,6,11,13-14,18H,5,7-10H2,1H3/t11?,13-,14+. The normalized spacial score (nSPS) is 26.6. The number of carbonyl (C=O) groups is 1. The van der Waals surface area contributed by atoms with Crippen LogP contribution in [0.3, 0.4) is 0 Å². The van der Waals surface area contributed by atoms with Crippen LogP contribution in [-0.2, 0) is 11.2 Å². The van der Waals surface area contributed by atoms with Crippen molar-refractivity contribution in [1.29, 1.82) is 0 Å². The van der Waals surface area contributed by atoms with E-state index >= 15 is 0 Å². The van der Waals surface area contributed by atoms with Crippen molar-refractivity contribution in [2.75, 3.05) is 26.2 Å². The van der Waals surface area contributed by atoms with Gasteiger partial charge in [-0.05, 0) is 36.0 Å². The molecule has 0 aromatic heterocycles. The van der Waals surface area contributed by atoms with E-state index in [1.807, 2.05) is 17.9 Å². The van der Waals surface area contributed by atoms with Gasteiger partial charge in [0.25, 0.3) is 0 Å². The molecular weight excluding hydrogens is 255 g/mol. The van der Waals surface area contributed by atoms with Gasteiger partial charge in [0.2, 0.25) is 5.91 Å². The summed E-state index contributed by atoms with van der Waals surface area (Å²) in [4.78, 5) is 14.5. The average molecular weight is 276 g/mol. The Labute approximate surface area is 119 Å². The maximum atomic E-state index is 13.2. The second kappa shape index (κ2) is 5.52. The summed E-state index contributed by atoms with van der Waals surface area (Å²) >= 11 is 0. The summed E-state index contributed by atoms with van der Waals surface area (Å²) in [5, 5.41) is 3.38. The lowest BCUT2D eigenvalue weighted by atomic mass is 10.00. The quantitative estimate of drug-likeness (QED) is 0.911. The molecule has 2 saturated heterocycles. The molecule has 2 aliphatic heterocycles. The number of rotatable bonds is 3. The van der Waals surface area contributed by atoms with E-state index in [-0.39, 0.29) is 17.6 Å². The van der Waals surface area contributed by atoms with E-state index in [9.17, 15) is 9.18 Å². The minimum Gasteiger partial charge on any atom is -0.342 e. The first-order valence-electron chi connectivity index (χ1n) is 7.37. The van der Waals surface area contributed by atoms with E-state index in [1.165, 1.54) is 12.1 Å². The van der Waals surface area contributed by atoms with Crippen LogP contribution in [0, 0.1) is 23.6 Å². The topological polar surface area (TPSA) is 32.3 Å². The van der Waals surface area contributed by atoms with Gasteiger partial charge in [0.15, 0.2) is 0 Å². The molecule has 3 nitrogen and oxygen atoms in total.